The van der Waals surface area contributed by atoms with Gasteiger partial charge in [-0.25, -0.2) is 9.97 Å². The summed E-state index contributed by atoms with van der Waals surface area (Å²) in [6.45, 7) is 0. The van der Waals surface area contributed by atoms with Gasteiger partial charge in [-0.05, 0) is 6.07 Å². The maximum atomic E-state index is 5.74. The van der Waals surface area contributed by atoms with Crippen LogP contribution in [0.4, 0.5) is 0 Å². The van der Waals surface area contributed by atoms with E-state index in [0.29, 0.717) is 5.72 Å². The summed E-state index contributed by atoms with van der Waals surface area (Å²) in [7, 11) is 5.74. The average Bonchev–Trinajstić information content (AvgIpc) is 2.39. The zero-order valence-electron chi connectivity index (χ0n) is 9.17. The van der Waals surface area contributed by atoms with E-state index in [2.05, 4.69) is 9.97 Å². The first-order valence-corrected chi connectivity index (χ1v) is 5.42. The summed E-state index contributed by atoms with van der Waals surface area (Å²) in [6, 6.07) is 17.9. The van der Waals surface area contributed by atoms with E-state index >= 15 is 0 Å². The van der Waals surface area contributed by atoms with Crippen molar-refractivity contribution in [3.05, 3.63) is 54.6 Å². The van der Waals surface area contributed by atoms with E-state index < -0.39 is 0 Å². The van der Waals surface area contributed by atoms with Crippen molar-refractivity contribution in [2.45, 2.75) is 0 Å². The second-order valence-corrected chi connectivity index (χ2v) is 3.81. The molecule has 0 bridgehead atoms. The minimum atomic E-state index is 0.308. The molecule has 0 unspecified atom stereocenters. The van der Waals surface area contributed by atoms with Gasteiger partial charge in [0.1, 0.15) is 0 Å². The largest absolute Gasteiger partial charge is 0.245 e. The summed E-state index contributed by atoms with van der Waals surface area (Å²) in [5, 5.41) is 1.02. The number of rotatable bonds is 1. The average molecular weight is 216 g/mol. The van der Waals surface area contributed by atoms with Crippen LogP contribution in [0, 0.1) is 0 Å². The fourth-order valence-corrected chi connectivity index (χ4v) is 1.91. The molecular weight excluding hydrogens is 207 g/mol. The molecule has 3 rings (SSSR count). The van der Waals surface area contributed by atoms with Crippen molar-refractivity contribution in [2.75, 3.05) is 0 Å². The minimum absolute atomic E-state index is 0.308. The zero-order chi connectivity index (χ0) is 11.7. The first kappa shape index (κ1) is 10.0. The van der Waals surface area contributed by atoms with Crippen LogP contribution in [-0.4, -0.2) is 17.8 Å². The van der Waals surface area contributed by atoms with Crippen molar-refractivity contribution in [1.82, 2.24) is 9.97 Å². The predicted molar refractivity (Wildman–Crippen MR) is 70.4 cm³/mol. The lowest BCUT2D eigenvalue weighted by atomic mass is 10.0. The highest BCUT2D eigenvalue weighted by molar-refractivity contribution is 6.29. The highest BCUT2D eigenvalue weighted by atomic mass is 14.9. The van der Waals surface area contributed by atoms with Gasteiger partial charge in [0.2, 0.25) is 0 Å². The van der Waals surface area contributed by atoms with Gasteiger partial charge in [0, 0.05) is 10.9 Å². The molecule has 0 saturated heterocycles. The van der Waals surface area contributed by atoms with Crippen LogP contribution in [0.1, 0.15) is 0 Å². The Labute approximate surface area is 101 Å². The monoisotopic (exact) mass is 216 g/mol. The Morgan fingerprint density at radius 1 is 0.765 bits per heavy atom. The second kappa shape index (κ2) is 4.02. The fourth-order valence-electron chi connectivity index (χ4n) is 1.91. The van der Waals surface area contributed by atoms with Crippen molar-refractivity contribution < 1.29 is 0 Å². The first-order valence-electron chi connectivity index (χ1n) is 5.42. The number of nitrogens with zero attached hydrogens (tertiary/aromatic N) is 2. The maximum absolute atomic E-state index is 5.74. The smallest absolute Gasteiger partial charge is 0.170 e. The standard InChI is InChI=1S/C14H9BN2/c15-14-16-12-9-5-4-8-11(12)13(17-14)10-6-2-1-3-7-10/h1-9H. The Hall–Kier alpha value is -2.16. The molecule has 0 aliphatic rings. The van der Waals surface area contributed by atoms with Crippen molar-refractivity contribution >= 4 is 24.5 Å². The van der Waals surface area contributed by atoms with Crippen LogP contribution in [0.15, 0.2) is 54.6 Å². The molecule has 0 amide bonds. The van der Waals surface area contributed by atoms with Crippen molar-refractivity contribution in [1.29, 1.82) is 0 Å². The van der Waals surface area contributed by atoms with Crippen molar-refractivity contribution in [2.24, 2.45) is 0 Å². The Morgan fingerprint density at radius 3 is 2.29 bits per heavy atom. The second-order valence-electron chi connectivity index (χ2n) is 3.81. The molecule has 3 aromatic rings. The van der Waals surface area contributed by atoms with E-state index in [4.69, 9.17) is 7.85 Å². The molecule has 0 aliphatic carbocycles. The molecule has 0 atom stereocenters. The Morgan fingerprint density at radius 2 is 1.47 bits per heavy atom. The van der Waals surface area contributed by atoms with Crippen LogP contribution >= 0.6 is 0 Å². The fraction of sp³-hybridized carbons (Fsp3) is 0. The van der Waals surface area contributed by atoms with E-state index in [1.54, 1.807) is 0 Å². The molecule has 17 heavy (non-hydrogen) atoms. The number of hydrogen-bond donors (Lipinski definition) is 0. The Kier molecular flexibility index (Phi) is 2.37. The molecule has 0 N–H and O–H groups in total. The van der Waals surface area contributed by atoms with E-state index in [-0.39, 0.29) is 0 Å². The summed E-state index contributed by atoms with van der Waals surface area (Å²) in [4.78, 5) is 8.57. The zero-order valence-corrected chi connectivity index (χ0v) is 9.17. The third-order valence-electron chi connectivity index (χ3n) is 2.67. The SMILES string of the molecule is [B]c1nc(-c2ccccc2)c2ccccc2n1. The van der Waals surface area contributed by atoms with Crippen LogP contribution in [-0.2, 0) is 0 Å². The lowest BCUT2D eigenvalue weighted by molar-refractivity contribution is 1.30. The summed E-state index contributed by atoms with van der Waals surface area (Å²) in [6.07, 6.45) is 0. The number of para-hydroxylation sites is 1. The lowest BCUT2D eigenvalue weighted by Crippen LogP contribution is -2.14. The van der Waals surface area contributed by atoms with Gasteiger partial charge in [-0.1, -0.05) is 48.5 Å². The van der Waals surface area contributed by atoms with Crippen LogP contribution in [0.3, 0.4) is 0 Å². The van der Waals surface area contributed by atoms with E-state index in [1.165, 1.54) is 0 Å². The van der Waals surface area contributed by atoms with Gasteiger partial charge in [0.25, 0.3) is 0 Å². The van der Waals surface area contributed by atoms with Gasteiger partial charge < -0.3 is 0 Å². The van der Waals surface area contributed by atoms with Gasteiger partial charge in [-0.2, -0.15) is 0 Å². The van der Waals surface area contributed by atoms with Gasteiger partial charge in [-0.15, -0.1) is 0 Å². The van der Waals surface area contributed by atoms with Crippen molar-refractivity contribution in [3.63, 3.8) is 0 Å². The molecule has 0 spiro atoms. The highest BCUT2D eigenvalue weighted by Crippen LogP contribution is 2.23. The van der Waals surface area contributed by atoms with Crippen molar-refractivity contribution in [3.8, 4) is 11.3 Å². The Bertz CT molecular complexity index is 665. The van der Waals surface area contributed by atoms with E-state index in [0.717, 1.165) is 22.2 Å². The number of benzene rings is 2. The third-order valence-corrected chi connectivity index (χ3v) is 2.67. The molecule has 3 heteroatoms. The lowest BCUT2D eigenvalue weighted by Gasteiger charge is -2.06. The topological polar surface area (TPSA) is 25.8 Å². The molecular formula is C14H9BN2. The minimum Gasteiger partial charge on any atom is -0.245 e. The van der Waals surface area contributed by atoms with Crippen LogP contribution in [0.5, 0.6) is 0 Å². The molecule has 0 fully saturated rings. The summed E-state index contributed by atoms with van der Waals surface area (Å²) >= 11 is 0. The van der Waals surface area contributed by atoms with Crippen LogP contribution < -0.4 is 5.72 Å². The molecule has 0 saturated carbocycles. The summed E-state index contributed by atoms with van der Waals surface area (Å²) in [5.41, 5.74) is 3.12. The maximum Gasteiger partial charge on any atom is 0.170 e. The van der Waals surface area contributed by atoms with E-state index in [9.17, 15) is 0 Å². The molecule has 78 valence electrons. The molecule has 2 aromatic carbocycles. The number of hydrogen-bond acceptors (Lipinski definition) is 2. The predicted octanol–water partition coefficient (Wildman–Crippen LogP) is 2.09. The molecule has 0 aliphatic heterocycles. The van der Waals surface area contributed by atoms with Gasteiger partial charge in [0.05, 0.1) is 16.9 Å². The molecule has 2 radical (unpaired) electrons. The van der Waals surface area contributed by atoms with Gasteiger partial charge in [-0.3, -0.25) is 0 Å². The molecule has 1 aromatic heterocycles. The summed E-state index contributed by atoms with van der Waals surface area (Å²) in [5.74, 6) is 0. The highest BCUT2D eigenvalue weighted by Gasteiger charge is 2.06. The van der Waals surface area contributed by atoms with Crippen LogP contribution in [0.25, 0.3) is 22.2 Å². The quantitative estimate of drug-likeness (QED) is 0.582. The van der Waals surface area contributed by atoms with E-state index in [1.807, 2.05) is 54.6 Å². The first-order chi connectivity index (χ1) is 8.34. The number of fused-ring (bicyclic) bond motifs is 1. The summed E-state index contributed by atoms with van der Waals surface area (Å²) < 4.78 is 0. The molecule has 1 heterocycles. The Balaban J connectivity index is 2.36. The normalized spacial score (nSPS) is 10.6. The third kappa shape index (κ3) is 1.80. The van der Waals surface area contributed by atoms with Gasteiger partial charge >= 0.3 is 0 Å². The van der Waals surface area contributed by atoms with Crippen LogP contribution in [0.2, 0.25) is 0 Å². The van der Waals surface area contributed by atoms with Gasteiger partial charge in [0.15, 0.2) is 7.85 Å². The molecule has 2 nitrogen and oxygen atoms in total. The number of aromatic nitrogens is 2.